The molecule has 0 spiro atoms. The first-order valence-electron chi connectivity index (χ1n) is 4.80. The molecular formula is C16H46O3. The SMILES string of the molecule is C.C.C.C.C.C.CCOCC(CC)(COC)COC. The second-order valence-corrected chi connectivity index (χ2v) is 3.36. The fraction of sp³-hybridized carbons (Fsp3) is 1.00. The van der Waals surface area contributed by atoms with Crippen LogP contribution in [-0.2, 0) is 14.2 Å². The Hall–Kier alpha value is -0.120. The minimum atomic E-state index is 0. The molecule has 0 aromatic heterocycles. The van der Waals surface area contributed by atoms with Crippen LogP contribution in [0, 0.1) is 5.41 Å². The van der Waals surface area contributed by atoms with Crippen molar-refractivity contribution in [1.82, 2.24) is 0 Å². The molecule has 0 amide bonds. The van der Waals surface area contributed by atoms with Crippen LogP contribution in [0.3, 0.4) is 0 Å². The number of ether oxygens (including phenoxy) is 3. The van der Waals surface area contributed by atoms with Gasteiger partial charge in [-0.3, -0.25) is 0 Å². The Morgan fingerprint density at radius 3 is 1.26 bits per heavy atom. The van der Waals surface area contributed by atoms with Gasteiger partial charge < -0.3 is 14.2 Å². The fourth-order valence-electron chi connectivity index (χ4n) is 1.36. The Labute approximate surface area is 126 Å². The predicted octanol–water partition coefficient (Wildman–Crippen LogP) is 5.53. The van der Waals surface area contributed by atoms with E-state index in [1.54, 1.807) is 14.2 Å². The molecule has 0 aliphatic rings. The summed E-state index contributed by atoms with van der Waals surface area (Å²) in [5.41, 5.74) is 0.0273. The lowest BCUT2D eigenvalue weighted by Gasteiger charge is -2.30. The molecule has 0 bridgehead atoms. The summed E-state index contributed by atoms with van der Waals surface area (Å²) in [5.74, 6) is 0. The molecule has 0 fully saturated rings. The summed E-state index contributed by atoms with van der Waals surface area (Å²) in [6.45, 7) is 6.97. The van der Waals surface area contributed by atoms with Crippen LogP contribution in [0.15, 0.2) is 0 Å². The quantitative estimate of drug-likeness (QED) is 0.587. The van der Waals surface area contributed by atoms with E-state index in [4.69, 9.17) is 14.2 Å². The summed E-state index contributed by atoms with van der Waals surface area (Å²) in [6, 6.07) is 0. The van der Waals surface area contributed by atoms with Crippen LogP contribution in [0.4, 0.5) is 0 Å². The average molecular weight is 287 g/mol. The molecule has 0 radical (unpaired) electrons. The highest BCUT2D eigenvalue weighted by Crippen LogP contribution is 2.23. The summed E-state index contributed by atoms with van der Waals surface area (Å²) in [7, 11) is 3.43. The van der Waals surface area contributed by atoms with Crippen molar-refractivity contribution in [3.8, 4) is 0 Å². The first-order chi connectivity index (χ1) is 6.24. The van der Waals surface area contributed by atoms with Crippen LogP contribution in [-0.4, -0.2) is 40.6 Å². The van der Waals surface area contributed by atoms with E-state index in [0.29, 0.717) is 19.8 Å². The summed E-state index contributed by atoms with van der Waals surface area (Å²) < 4.78 is 15.8. The molecule has 0 saturated heterocycles. The van der Waals surface area contributed by atoms with Gasteiger partial charge in [-0.2, -0.15) is 0 Å². The van der Waals surface area contributed by atoms with E-state index in [1.807, 2.05) is 6.92 Å². The van der Waals surface area contributed by atoms with Gasteiger partial charge in [-0.05, 0) is 13.3 Å². The van der Waals surface area contributed by atoms with Crippen LogP contribution in [0.25, 0.3) is 0 Å². The molecular weight excluding hydrogens is 240 g/mol. The van der Waals surface area contributed by atoms with Gasteiger partial charge in [-0.15, -0.1) is 0 Å². The van der Waals surface area contributed by atoms with E-state index in [-0.39, 0.29) is 50.0 Å². The molecule has 0 rings (SSSR count). The van der Waals surface area contributed by atoms with Gasteiger partial charge in [0.05, 0.1) is 19.8 Å². The molecule has 3 heteroatoms. The number of hydrogen-bond donors (Lipinski definition) is 0. The predicted molar refractivity (Wildman–Crippen MR) is 93.4 cm³/mol. The highest BCUT2D eigenvalue weighted by Gasteiger charge is 2.28. The summed E-state index contributed by atoms with van der Waals surface area (Å²) in [4.78, 5) is 0. The van der Waals surface area contributed by atoms with Crippen molar-refractivity contribution in [2.75, 3.05) is 40.6 Å². The molecule has 0 aromatic rings. The van der Waals surface area contributed by atoms with Crippen molar-refractivity contribution in [2.24, 2.45) is 5.41 Å². The zero-order valence-corrected chi connectivity index (χ0v) is 9.26. The zero-order valence-electron chi connectivity index (χ0n) is 9.26. The third kappa shape index (κ3) is 17.9. The molecule has 0 aromatic carbocycles. The normalized spacial score (nSPS) is 8.21. The lowest BCUT2D eigenvalue weighted by molar-refractivity contribution is -0.0497. The third-order valence-electron chi connectivity index (χ3n) is 2.26. The van der Waals surface area contributed by atoms with Crippen molar-refractivity contribution < 1.29 is 14.2 Å². The minimum Gasteiger partial charge on any atom is -0.384 e. The Morgan fingerprint density at radius 2 is 1.05 bits per heavy atom. The van der Waals surface area contributed by atoms with Gasteiger partial charge in [0, 0.05) is 26.2 Å². The molecule has 0 aliphatic carbocycles. The summed E-state index contributed by atoms with van der Waals surface area (Å²) in [6.07, 6.45) is 1.01. The Balaban J connectivity index is -0.0000000480. The maximum absolute atomic E-state index is 5.44. The van der Waals surface area contributed by atoms with Gasteiger partial charge >= 0.3 is 0 Å². The smallest absolute Gasteiger partial charge is 0.0566 e. The van der Waals surface area contributed by atoms with Crippen molar-refractivity contribution in [3.05, 3.63) is 0 Å². The molecule has 0 aliphatic heterocycles. The van der Waals surface area contributed by atoms with E-state index < -0.39 is 0 Å². The van der Waals surface area contributed by atoms with Crippen LogP contribution in [0.5, 0.6) is 0 Å². The lowest BCUT2D eigenvalue weighted by atomic mass is 9.88. The fourth-order valence-corrected chi connectivity index (χ4v) is 1.36. The van der Waals surface area contributed by atoms with Crippen LogP contribution in [0.1, 0.15) is 64.8 Å². The van der Waals surface area contributed by atoms with E-state index in [0.717, 1.165) is 13.0 Å². The topological polar surface area (TPSA) is 27.7 Å². The van der Waals surface area contributed by atoms with Crippen molar-refractivity contribution in [3.63, 3.8) is 0 Å². The Morgan fingerprint density at radius 1 is 0.684 bits per heavy atom. The Kier molecular flexibility index (Phi) is 59.5. The van der Waals surface area contributed by atoms with E-state index in [2.05, 4.69) is 6.92 Å². The average Bonchev–Trinajstić information content (AvgIpc) is 2.15. The second kappa shape index (κ2) is 26.4. The number of rotatable bonds is 8. The first kappa shape index (κ1) is 42.8. The molecule has 19 heavy (non-hydrogen) atoms. The van der Waals surface area contributed by atoms with Crippen molar-refractivity contribution in [2.45, 2.75) is 64.8 Å². The summed E-state index contributed by atoms with van der Waals surface area (Å²) >= 11 is 0. The van der Waals surface area contributed by atoms with E-state index >= 15 is 0 Å². The lowest BCUT2D eigenvalue weighted by Crippen LogP contribution is -2.36. The largest absolute Gasteiger partial charge is 0.384 e. The number of methoxy groups -OCH3 is 2. The van der Waals surface area contributed by atoms with Crippen LogP contribution < -0.4 is 0 Å². The molecule has 0 N–H and O–H groups in total. The minimum absolute atomic E-state index is 0. The van der Waals surface area contributed by atoms with Gasteiger partial charge in [0.2, 0.25) is 0 Å². The molecule has 3 nitrogen and oxygen atoms in total. The molecule has 0 unspecified atom stereocenters. The second-order valence-electron chi connectivity index (χ2n) is 3.36. The zero-order chi connectivity index (χ0) is 10.2. The van der Waals surface area contributed by atoms with Gasteiger partial charge in [0.15, 0.2) is 0 Å². The first-order valence-corrected chi connectivity index (χ1v) is 4.80. The highest BCUT2D eigenvalue weighted by atomic mass is 16.5. The van der Waals surface area contributed by atoms with Gasteiger partial charge in [0.25, 0.3) is 0 Å². The van der Waals surface area contributed by atoms with Crippen molar-refractivity contribution >= 4 is 0 Å². The monoisotopic (exact) mass is 286 g/mol. The maximum Gasteiger partial charge on any atom is 0.0566 e. The highest BCUT2D eigenvalue weighted by molar-refractivity contribution is 4.77. The van der Waals surface area contributed by atoms with Gasteiger partial charge in [0.1, 0.15) is 0 Å². The van der Waals surface area contributed by atoms with Crippen molar-refractivity contribution in [1.29, 1.82) is 0 Å². The maximum atomic E-state index is 5.44. The van der Waals surface area contributed by atoms with Crippen LogP contribution >= 0.6 is 0 Å². The van der Waals surface area contributed by atoms with Gasteiger partial charge in [-0.1, -0.05) is 51.5 Å². The van der Waals surface area contributed by atoms with E-state index in [1.165, 1.54) is 0 Å². The van der Waals surface area contributed by atoms with E-state index in [9.17, 15) is 0 Å². The molecule has 0 heterocycles. The van der Waals surface area contributed by atoms with Crippen LogP contribution in [0.2, 0.25) is 0 Å². The third-order valence-corrected chi connectivity index (χ3v) is 2.26. The summed E-state index contributed by atoms with van der Waals surface area (Å²) in [5, 5.41) is 0. The molecule has 0 atom stereocenters. The van der Waals surface area contributed by atoms with Gasteiger partial charge in [-0.25, -0.2) is 0 Å². The molecule has 0 saturated carbocycles. The molecule has 128 valence electrons. The standard InChI is InChI=1S/C10H22O3.6CH4/c1-5-10(7-11-3,8-12-4)9-13-6-2;;;;;;/h5-9H2,1-4H3;6*1H4. The number of hydrogen-bond acceptors (Lipinski definition) is 3. The Bertz CT molecular complexity index is 111.